The summed E-state index contributed by atoms with van der Waals surface area (Å²) in [5.74, 6) is -3.04. The Morgan fingerprint density at radius 1 is 1.06 bits per heavy atom. The minimum Gasteiger partial charge on any atom is -0.810 e. The van der Waals surface area contributed by atoms with Gasteiger partial charge < -0.3 is 34.0 Å². The molecule has 0 fully saturated rings. The van der Waals surface area contributed by atoms with Gasteiger partial charge in [-0.3, -0.25) is 4.79 Å². The average Bonchev–Trinajstić information content (AvgIpc) is 1.79. The molecule has 1 amide bonds. The van der Waals surface area contributed by atoms with Gasteiger partial charge in [0.1, 0.15) is 0 Å². The Morgan fingerprint density at radius 3 is 1.61 bits per heavy atom. The van der Waals surface area contributed by atoms with Gasteiger partial charge in [-0.2, -0.15) is 0 Å². The van der Waals surface area contributed by atoms with Crippen LogP contribution in [-0.2, 0) is 13.9 Å². The summed E-state index contributed by atoms with van der Waals surface area (Å²) >= 11 is 0. The Bertz CT molecular complexity index is 317. The normalized spacial score (nSPS) is 11.6. The number of carbonyl (C=O) groups is 1. The number of hydrogen-bond acceptors (Lipinski definition) is 7. The standard InChI is InChI=1S/C4H11NO7P2.4Na/c1-3(14(10,11)12)5-4(6)2-13(7,8)9;;;;/h3H,2H2,1H3,(H,5,6)(H2,7,8,9)(H2,10,11,12);;;;/q;4*+1/p-4. The molecular formula is C4H7NNa4O7P2. The van der Waals surface area contributed by atoms with Crippen LogP contribution in [0, 0.1) is 0 Å². The van der Waals surface area contributed by atoms with Gasteiger partial charge in [0.05, 0.1) is 11.9 Å². The molecule has 0 aromatic carbocycles. The molecule has 1 N–H and O–H groups in total. The first-order chi connectivity index (χ1) is 6.02. The molecular weight excluding hydrogens is 328 g/mol. The van der Waals surface area contributed by atoms with Gasteiger partial charge in [0.15, 0.2) is 0 Å². The van der Waals surface area contributed by atoms with E-state index in [9.17, 15) is 33.5 Å². The Labute approximate surface area is 193 Å². The van der Waals surface area contributed by atoms with Crippen molar-refractivity contribution in [1.82, 2.24) is 5.32 Å². The Balaban J connectivity index is -0.000000141. The number of amides is 1. The first-order valence-corrected chi connectivity index (χ1v) is 6.68. The largest absolute Gasteiger partial charge is 1.00 e. The molecule has 0 aliphatic carbocycles. The fourth-order valence-corrected chi connectivity index (χ4v) is 1.28. The Hall–Kier alpha value is 3.77. The topological polar surface area (TPSA) is 155 Å². The summed E-state index contributed by atoms with van der Waals surface area (Å²) in [7, 11) is -10.0. The second-order valence-electron chi connectivity index (χ2n) is 2.55. The molecule has 18 heavy (non-hydrogen) atoms. The molecule has 0 aromatic rings. The predicted octanol–water partition coefficient (Wildman–Crippen LogP) is -15.7. The van der Waals surface area contributed by atoms with Crippen molar-refractivity contribution in [2.75, 3.05) is 6.16 Å². The van der Waals surface area contributed by atoms with Crippen LogP contribution >= 0.6 is 15.2 Å². The van der Waals surface area contributed by atoms with Crippen molar-refractivity contribution in [3.63, 3.8) is 0 Å². The van der Waals surface area contributed by atoms with Gasteiger partial charge in [-0.05, 0) is 14.5 Å². The van der Waals surface area contributed by atoms with Gasteiger partial charge in [-0.25, -0.2) is 0 Å². The molecule has 0 saturated heterocycles. The molecule has 1 unspecified atom stereocenters. The van der Waals surface area contributed by atoms with Gasteiger partial charge >= 0.3 is 118 Å². The third-order valence-electron chi connectivity index (χ3n) is 1.18. The van der Waals surface area contributed by atoms with Crippen molar-refractivity contribution < 1.29 is 152 Å². The molecule has 1 atom stereocenters. The summed E-state index contributed by atoms with van der Waals surface area (Å²) in [4.78, 5) is 51.3. The molecule has 0 spiro atoms. The number of nitrogens with one attached hydrogen (secondary N) is 1. The van der Waals surface area contributed by atoms with Gasteiger partial charge in [0.2, 0.25) is 5.91 Å². The van der Waals surface area contributed by atoms with Crippen LogP contribution in [0.15, 0.2) is 0 Å². The zero-order valence-electron chi connectivity index (χ0n) is 11.0. The fraction of sp³-hybridized carbons (Fsp3) is 0.750. The van der Waals surface area contributed by atoms with Crippen LogP contribution in [0.4, 0.5) is 0 Å². The van der Waals surface area contributed by atoms with Crippen molar-refractivity contribution in [3.05, 3.63) is 0 Å². The van der Waals surface area contributed by atoms with Crippen molar-refractivity contribution in [1.29, 1.82) is 0 Å². The van der Waals surface area contributed by atoms with E-state index in [-0.39, 0.29) is 118 Å². The van der Waals surface area contributed by atoms with Crippen LogP contribution in [0.25, 0.3) is 0 Å². The maximum atomic E-state index is 10.6. The monoisotopic (exact) mass is 335 g/mol. The first-order valence-electron chi connectivity index (χ1n) is 3.34. The minimum atomic E-state index is -5.04. The minimum absolute atomic E-state index is 0. The quantitative estimate of drug-likeness (QED) is 0.395. The average molecular weight is 335 g/mol. The van der Waals surface area contributed by atoms with Gasteiger partial charge in [-0.1, -0.05) is 7.60 Å². The van der Waals surface area contributed by atoms with E-state index in [1.54, 1.807) is 5.32 Å². The number of carbonyl (C=O) groups excluding carboxylic acids is 1. The van der Waals surface area contributed by atoms with E-state index in [2.05, 4.69) is 0 Å². The summed E-state index contributed by atoms with van der Waals surface area (Å²) in [6.45, 7) is 0.874. The Morgan fingerprint density at radius 2 is 1.39 bits per heavy atom. The van der Waals surface area contributed by atoms with Crippen LogP contribution in [0.5, 0.6) is 0 Å². The van der Waals surface area contributed by atoms with E-state index in [1.165, 1.54) is 0 Å². The van der Waals surface area contributed by atoms with Crippen LogP contribution in [-0.4, -0.2) is 17.9 Å². The van der Waals surface area contributed by atoms with Crippen molar-refractivity contribution in [3.8, 4) is 0 Å². The third kappa shape index (κ3) is 19.8. The van der Waals surface area contributed by atoms with Crippen LogP contribution < -0.4 is 143 Å². The molecule has 14 heteroatoms. The van der Waals surface area contributed by atoms with E-state index < -0.39 is 33.0 Å². The van der Waals surface area contributed by atoms with E-state index >= 15 is 0 Å². The van der Waals surface area contributed by atoms with Crippen molar-refractivity contribution in [2.45, 2.75) is 12.7 Å². The maximum Gasteiger partial charge on any atom is 1.00 e. The SMILES string of the molecule is CC(NC(=O)CP(=O)([O-])[O-])P(=O)([O-])[O-].[Na+].[Na+].[Na+].[Na+]. The fourth-order valence-electron chi connectivity index (χ4n) is 0.534. The molecule has 0 heterocycles. The summed E-state index contributed by atoms with van der Waals surface area (Å²) < 4.78 is 20.3. The molecule has 0 radical (unpaired) electrons. The van der Waals surface area contributed by atoms with Crippen molar-refractivity contribution in [2.24, 2.45) is 0 Å². The molecule has 0 aliphatic rings. The summed E-state index contributed by atoms with van der Waals surface area (Å²) in [5, 5.41) is 1.58. The van der Waals surface area contributed by atoms with E-state index in [0.29, 0.717) is 0 Å². The molecule has 84 valence electrons. The Kier molecular flexibility index (Phi) is 26.7. The van der Waals surface area contributed by atoms with Crippen LogP contribution in [0.1, 0.15) is 6.92 Å². The smallest absolute Gasteiger partial charge is 0.810 e. The van der Waals surface area contributed by atoms with Gasteiger partial charge in [0.25, 0.3) is 0 Å². The zero-order chi connectivity index (χ0) is 11.6. The second-order valence-corrected chi connectivity index (χ2v) is 5.94. The molecule has 0 aliphatic heterocycles. The third-order valence-corrected chi connectivity index (χ3v) is 2.93. The molecule has 8 nitrogen and oxygen atoms in total. The number of rotatable bonds is 4. The molecule has 0 aromatic heterocycles. The number of hydrogen-bond donors (Lipinski definition) is 1. The van der Waals surface area contributed by atoms with E-state index in [4.69, 9.17) is 0 Å². The molecule has 0 rings (SSSR count). The summed E-state index contributed by atoms with van der Waals surface area (Å²) in [6.07, 6.45) is -1.36. The van der Waals surface area contributed by atoms with E-state index in [0.717, 1.165) is 6.92 Å². The second kappa shape index (κ2) is 14.4. The summed E-state index contributed by atoms with van der Waals surface area (Å²) in [6, 6.07) is 0. The zero-order valence-corrected chi connectivity index (χ0v) is 20.8. The first kappa shape index (κ1) is 33.4. The van der Waals surface area contributed by atoms with Crippen LogP contribution in [0.2, 0.25) is 0 Å². The maximum absolute atomic E-state index is 10.6. The van der Waals surface area contributed by atoms with Gasteiger partial charge in [0, 0.05) is 0 Å². The molecule has 0 bridgehead atoms. The van der Waals surface area contributed by atoms with Crippen molar-refractivity contribution >= 4 is 21.1 Å². The summed E-state index contributed by atoms with van der Waals surface area (Å²) in [5.41, 5.74) is 0. The molecule has 0 saturated carbocycles. The van der Waals surface area contributed by atoms with Crippen LogP contribution in [0.3, 0.4) is 0 Å². The van der Waals surface area contributed by atoms with E-state index in [1.807, 2.05) is 0 Å². The predicted molar refractivity (Wildman–Crippen MR) is 37.7 cm³/mol. The van der Waals surface area contributed by atoms with Gasteiger partial charge in [-0.15, -0.1) is 0 Å².